The van der Waals surface area contributed by atoms with Gasteiger partial charge in [-0.3, -0.25) is 9.79 Å². The van der Waals surface area contributed by atoms with Gasteiger partial charge in [-0.15, -0.1) is 0 Å². The summed E-state index contributed by atoms with van der Waals surface area (Å²) in [7, 11) is 0. The standard InChI is InChI=1S/C20H14Cl2N2O/c1-12(25)13-4-6-14(7-5-13)19-18-3-2-8-24(18)20-15(11-23-19)9-16(21)10-17(20)22/h2-10H,11H2,1H3. The normalized spacial score (nSPS) is 12.8. The van der Waals surface area contributed by atoms with Crippen LogP contribution in [0.1, 0.15) is 34.1 Å². The van der Waals surface area contributed by atoms with E-state index in [1.165, 1.54) is 0 Å². The summed E-state index contributed by atoms with van der Waals surface area (Å²) in [5, 5.41) is 1.20. The largest absolute Gasteiger partial charge is 0.313 e. The van der Waals surface area contributed by atoms with Gasteiger partial charge in [0.1, 0.15) is 0 Å². The van der Waals surface area contributed by atoms with E-state index >= 15 is 0 Å². The van der Waals surface area contributed by atoms with Crippen LogP contribution in [0.3, 0.4) is 0 Å². The van der Waals surface area contributed by atoms with E-state index in [-0.39, 0.29) is 5.78 Å². The first-order valence-electron chi connectivity index (χ1n) is 7.86. The highest BCUT2D eigenvalue weighted by molar-refractivity contribution is 6.36. The van der Waals surface area contributed by atoms with Crippen molar-refractivity contribution in [3.8, 4) is 5.69 Å². The van der Waals surface area contributed by atoms with E-state index < -0.39 is 0 Å². The zero-order valence-corrected chi connectivity index (χ0v) is 15.0. The lowest BCUT2D eigenvalue weighted by Crippen LogP contribution is -2.09. The van der Waals surface area contributed by atoms with Crippen molar-refractivity contribution < 1.29 is 4.79 Å². The van der Waals surface area contributed by atoms with Crippen molar-refractivity contribution in [2.24, 2.45) is 4.99 Å². The molecule has 0 amide bonds. The van der Waals surface area contributed by atoms with Crippen molar-refractivity contribution in [3.63, 3.8) is 0 Å². The number of fused-ring (bicyclic) bond motifs is 3. The van der Waals surface area contributed by atoms with Gasteiger partial charge in [-0.1, -0.05) is 47.5 Å². The van der Waals surface area contributed by atoms with Gasteiger partial charge in [0.2, 0.25) is 0 Å². The summed E-state index contributed by atoms with van der Waals surface area (Å²) in [6.45, 7) is 2.05. The molecule has 1 aliphatic rings. The molecule has 0 saturated carbocycles. The second kappa shape index (κ2) is 6.17. The van der Waals surface area contributed by atoms with Gasteiger partial charge in [-0.2, -0.15) is 0 Å². The number of benzene rings is 2. The van der Waals surface area contributed by atoms with Crippen molar-refractivity contribution >= 4 is 34.7 Å². The number of carbonyl (C=O) groups excluding carboxylic acids is 1. The van der Waals surface area contributed by atoms with E-state index in [9.17, 15) is 4.79 Å². The van der Waals surface area contributed by atoms with Crippen LogP contribution < -0.4 is 0 Å². The number of hydrogen-bond acceptors (Lipinski definition) is 2. The smallest absolute Gasteiger partial charge is 0.159 e. The van der Waals surface area contributed by atoms with Crippen molar-refractivity contribution in [2.45, 2.75) is 13.5 Å². The van der Waals surface area contributed by atoms with E-state index in [0.717, 1.165) is 28.2 Å². The van der Waals surface area contributed by atoms with Crippen molar-refractivity contribution in [1.29, 1.82) is 0 Å². The summed E-state index contributed by atoms with van der Waals surface area (Å²) in [5.74, 6) is 0.0477. The first kappa shape index (κ1) is 16.1. The molecular formula is C20H14Cl2N2O. The Bertz CT molecular complexity index is 1020. The summed E-state index contributed by atoms with van der Waals surface area (Å²) in [4.78, 5) is 16.3. The Hall–Kier alpha value is -2.36. The molecule has 0 N–H and O–H groups in total. The quantitative estimate of drug-likeness (QED) is 0.562. The Kier molecular flexibility index (Phi) is 3.98. The summed E-state index contributed by atoms with van der Waals surface area (Å²) < 4.78 is 2.04. The number of halogens is 2. The zero-order chi connectivity index (χ0) is 17.6. The van der Waals surface area contributed by atoms with Crippen molar-refractivity contribution in [1.82, 2.24) is 4.57 Å². The second-order valence-electron chi connectivity index (χ2n) is 5.96. The van der Waals surface area contributed by atoms with Gasteiger partial charge in [-0.05, 0) is 31.2 Å². The van der Waals surface area contributed by atoms with Gasteiger partial charge in [0.25, 0.3) is 0 Å². The zero-order valence-electron chi connectivity index (χ0n) is 13.5. The molecule has 3 aromatic rings. The number of nitrogens with zero attached hydrogens (tertiary/aromatic N) is 2. The van der Waals surface area contributed by atoms with Crippen LogP contribution in [0.15, 0.2) is 59.7 Å². The van der Waals surface area contributed by atoms with Gasteiger partial charge in [0, 0.05) is 27.9 Å². The lowest BCUT2D eigenvalue weighted by atomic mass is 10.0. The molecule has 0 saturated heterocycles. The number of aromatic nitrogens is 1. The van der Waals surface area contributed by atoms with Crippen LogP contribution in [0, 0.1) is 0 Å². The number of rotatable bonds is 2. The van der Waals surface area contributed by atoms with E-state index in [2.05, 4.69) is 0 Å². The molecule has 1 aromatic heterocycles. The van der Waals surface area contributed by atoms with Gasteiger partial charge in [0.05, 0.1) is 28.7 Å². The summed E-state index contributed by atoms with van der Waals surface area (Å²) in [6.07, 6.45) is 1.97. The van der Waals surface area contributed by atoms with Crippen LogP contribution >= 0.6 is 23.2 Å². The highest BCUT2D eigenvalue weighted by Crippen LogP contribution is 2.33. The third-order valence-electron chi connectivity index (χ3n) is 4.31. The monoisotopic (exact) mass is 368 g/mol. The van der Waals surface area contributed by atoms with E-state index in [0.29, 0.717) is 22.2 Å². The van der Waals surface area contributed by atoms with Crippen LogP contribution in [0.5, 0.6) is 0 Å². The molecule has 25 heavy (non-hydrogen) atoms. The fourth-order valence-electron chi connectivity index (χ4n) is 3.13. The minimum absolute atomic E-state index is 0.0477. The van der Waals surface area contributed by atoms with Crippen LogP contribution in [-0.2, 0) is 6.54 Å². The van der Waals surface area contributed by atoms with Crippen LogP contribution in [0.25, 0.3) is 5.69 Å². The molecule has 0 atom stereocenters. The molecule has 4 rings (SSSR count). The second-order valence-corrected chi connectivity index (χ2v) is 6.80. The molecule has 124 valence electrons. The van der Waals surface area contributed by atoms with Crippen molar-refractivity contribution in [2.75, 3.05) is 0 Å². The van der Waals surface area contributed by atoms with Crippen LogP contribution in [0.2, 0.25) is 10.0 Å². The molecule has 2 aromatic carbocycles. The van der Waals surface area contributed by atoms with Crippen LogP contribution in [0.4, 0.5) is 0 Å². The Morgan fingerprint density at radius 1 is 1.12 bits per heavy atom. The van der Waals surface area contributed by atoms with E-state index in [1.54, 1.807) is 13.0 Å². The van der Waals surface area contributed by atoms with Gasteiger partial charge < -0.3 is 4.57 Å². The Balaban J connectivity index is 1.88. The fourth-order valence-corrected chi connectivity index (χ4v) is 3.75. The predicted molar refractivity (Wildman–Crippen MR) is 102 cm³/mol. The molecule has 3 nitrogen and oxygen atoms in total. The maximum atomic E-state index is 11.5. The predicted octanol–water partition coefficient (Wildman–Crippen LogP) is 5.34. The summed E-state index contributed by atoms with van der Waals surface area (Å²) >= 11 is 12.6. The number of carbonyl (C=O) groups is 1. The average molecular weight is 369 g/mol. The molecule has 2 heterocycles. The minimum atomic E-state index is 0.0477. The molecular weight excluding hydrogens is 355 g/mol. The fraction of sp³-hybridized carbons (Fsp3) is 0.100. The van der Waals surface area contributed by atoms with Crippen LogP contribution in [-0.4, -0.2) is 16.1 Å². The molecule has 0 spiro atoms. The maximum Gasteiger partial charge on any atom is 0.159 e. The van der Waals surface area contributed by atoms with Crippen molar-refractivity contribution in [3.05, 3.63) is 87.2 Å². The maximum absolute atomic E-state index is 11.5. The van der Waals surface area contributed by atoms with Gasteiger partial charge >= 0.3 is 0 Å². The Morgan fingerprint density at radius 2 is 1.88 bits per heavy atom. The lowest BCUT2D eigenvalue weighted by Gasteiger charge is -2.13. The first-order chi connectivity index (χ1) is 12.0. The van der Waals surface area contributed by atoms with E-state index in [1.807, 2.05) is 53.2 Å². The Morgan fingerprint density at radius 3 is 2.60 bits per heavy atom. The minimum Gasteiger partial charge on any atom is -0.313 e. The number of hydrogen-bond donors (Lipinski definition) is 0. The molecule has 0 radical (unpaired) electrons. The third-order valence-corrected chi connectivity index (χ3v) is 4.82. The highest BCUT2D eigenvalue weighted by atomic mass is 35.5. The van der Waals surface area contributed by atoms with Gasteiger partial charge in [-0.25, -0.2) is 0 Å². The summed E-state index contributed by atoms with van der Waals surface area (Å²) in [5.41, 5.74) is 5.35. The Labute approximate surface area is 155 Å². The van der Waals surface area contributed by atoms with E-state index in [4.69, 9.17) is 28.2 Å². The first-order valence-corrected chi connectivity index (χ1v) is 8.62. The molecule has 0 aliphatic carbocycles. The summed E-state index contributed by atoms with van der Waals surface area (Å²) in [6, 6.07) is 15.1. The molecule has 5 heteroatoms. The molecule has 1 aliphatic heterocycles. The average Bonchev–Trinajstić information content (AvgIpc) is 2.98. The number of aliphatic imine (C=N–C) groups is 1. The molecule has 0 bridgehead atoms. The topological polar surface area (TPSA) is 34.4 Å². The lowest BCUT2D eigenvalue weighted by molar-refractivity contribution is 0.101. The SMILES string of the molecule is CC(=O)c1ccc(C2=NCc3cc(Cl)cc(Cl)c3-n3cccc32)cc1. The van der Waals surface area contributed by atoms with Gasteiger partial charge in [0.15, 0.2) is 5.78 Å². The third kappa shape index (κ3) is 2.80. The highest BCUT2D eigenvalue weighted by Gasteiger charge is 2.20. The number of ketones is 1. The number of Topliss-reactive ketones (excluding diaryl/α,β-unsaturated/α-hetero) is 1. The molecule has 0 fully saturated rings. The molecule has 0 unspecified atom stereocenters.